The molecule has 0 spiro atoms. The van der Waals surface area contributed by atoms with E-state index >= 15 is 0 Å². The Morgan fingerprint density at radius 1 is 0.245 bits per heavy atom. The van der Waals surface area contributed by atoms with Crippen molar-refractivity contribution in [3.8, 4) is 34.5 Å². The SMILES string of the molecule is O=[PH](Oc1ccccc1)Oc1ccccc1.O=[PH](Oc1ccccc1)Oc1ccccc1.O=[PH](Oc1ccccc1)Oc1ccccc1.[Al]. The second kappa shape index (κ2) is 22.8. The molecule has 6 aromatic rings. The fourth-order valence-electron chi connectivity index (χ4n) is 3.57. The smallest absolute Gasteiger partial charge is 0.418 e. The summed E-state index contributed by atoms with van der Waals surface area (Å²) >= 11 is 0. The van der Waals surface area contributed by atoms with Gasteiger partial charge in [-0.1, -0.05) is 109 Å². The van der Waals surface area contributed by atoms with Crippen LogP contribution in [0, 0.1) is 0 Å². The number of hydrogen-bond acceptors (Lipinski definition) is 9. The summed E-state index contributed by atoms with van der Waals surface area (Å²) in [5, 5.41) is 0. The maximum absolute atomic E-state index is 11.5. The van der Waals surface area contributed by atoms with E-state index in [0.717, 1.165) is 0 Å². The predicted molar refractivity (Wildman–Crippen MR) is 195 cm³/mol. The van der Waals surface area contributed by atoms with Crippen molar-refractivity contribution in [3.63, 3.8) is 0 Å². The zero-order chi connectivity index (χ0) is 33.7. The summed E-state index contributed by atoms with van der Waals surface area (Å²) in [5.74, 6) is 3.26. The van der Waals surface area contributed by atoms with Crippen LogP contribution in [0.2, 0.25) is 0 Å². The molecule has 0 aromatic heterocycles. The van der Waals surface area contributed by atoms with Gasteiger partial charge in [0, 0.05) is 17.4 Å². The molecule has 0 saturated carbocycles. The van der Waals surface area contributed by atoms with E-state index in [4.69, 9.17) is 27.1 Å². The molecule has 0 amide bonds. The quantitative estimate of drug-likeness (QED) is 0.0899. The summed E-state index contributed by atoms with van der Waals surface area (Å²) in [6, 6.07) is 53.7. The van der Waals surface area contributed by atoms with Crippen LogP contribution in [0.15, 0.2) is 182 Å². The molecular formula is C36H33AlO9P3. The number of rotatable bonds is 12. The summed E-state index contributed by atoms with van der Waals surface area (Å²) in [7, 11) is -7.63. The van der Waals surface area contributed by atoms with Crippen molar-refractivity contribution in [2.24, 2.45) is 0 Å². The van der Waals surface area contributed by atoms with Gasteiger partial charge >= 0.3 is 24.8 Å². The second-order valence-corrected chi connectivity index (χ2v) is 12.0. The molecule has 0 unspecified atom stereocenters. The van der Waals surface area contributed by atoms with Gasteiger partial charge in [0.25, 0.3) is 0 Å². The van der Waals surface area contributed by atoms with Gasteiger partial charge in [0.1, 0.15) is 34.5 Å². The average molecular weight is 730 g/mol. The molecule has 0 atom stereocenters. The highest BCUT2D eigenvalue weighted by atomic mass is 31.1. The van der Waals surface area contributed by atoms with Gasteiger partial charge in [-0.25, -0.2) is 13.7 Å². The lowest BCUT2D eigenvalue weighted by atomic mass is 10.3. The molecular weight excluding hydrogens is 696 g/mol. The first-order valence-electron chi connectivity index (χ1n) is 14.5. The van der Waals surface area contributed by atoms with Gasteiger partial charge in [-0.15, -0.1) is 0 Å². The molecule has 49 heavy (non-hydrogen) atoms. The minimum atomic E-state index is -2.54. The molecule has 0 N–H and O–H groups in total. The van der Waals surface area contributed by atoms with Crippen LogP contribution in [-0.4, -0.2) is 17.4 Å². The minimum absolute atomic E-state index is 0. The highest BCUT2D eigenvalue weighted by Gasteiger charge is 2.04. The topological polar surface area (TPSA) is 107 Å². The van der Waals surface area contributed by atoms with E-state index in [1.165, 1.54) is 0 Å². The summed E-state index contributed by atoms with van der Waals surface area (Å²) in [5.41, 5.74) is 0. The van der Waals surface area contributed by atoms with Crippen molar-refractivity contribution < 1.29 is 40.8 Å². The van der Waals surface area contributed by atoms with Crippen LogP contribution in [0.3, 0.4) is 0 Å². The lowest BCUT2D eigenvalue weighted by Crippen LogP contribution is -1.87. The largest absolute Gasteiger partial charge is 0.418 e. The molecule has 6 rings (SSSR count). The van der Waals surface area contributed by atoms with Crippen molar-refractivity contribution in [1.29, 1.82) is 0 Å². The van der Waals surface area contributed by atoms with Gasteiger partial charge in [0.2, 0.25) is 0 Å². The molecule has 249 valence electrons. The van der Waals surface area contributed by atoms with Gasteiger partial charge < -0.3 is 27.1 Å². The number of benzene rings is 6. The van der Waals surface area contributed by atoms with Crippen LogP contribution in [0.4, 0.5) is 0 Å². The molecule has 0 aliphatic heterocycles. The van der Waals surface area contributed by atoms with Crippen molar-refractivity contribution in [3.05, 3.63) is 182 Å². The molecule has 0 bridgehead atoms. The van der Waals surface area contributed by atoms with Crippen molar-refractivity contribution in [1.82, 2.24) is 0 Å². The van der Waals surface area contributed by atoms with Crippen LogP contribution in [0.1, 0.15) is 0 Å². The highest BCUT2D eigenvalue weighted by Crippen LogP contribution is 2.31. The zero-order valence-corrected chi connectivity index (χ0v) is 30.2. The molecule has 13 heteroatoms. The van der Waals surface area contributed by atoms with E-state index in [9.17, 15) is 13.7 Å². The standard InChI is InChI=1S/3C12H11O3P.Al/c3*13-16(14-11-7-3-1-4-8-11)15-12-9-5-2-6-10-12;/h3*1-10,16H;. The van der Waals surface area contributed by atoms with E-state index in [1.807, 2.05) is 109 Å². The fraction of sp³-hybridized carbons (Fsp3) is 0. The third kappa shape index (κ3) is 16.3. The summed E-state index contributed by atoms with van der Waals surface area (Å²) in [6.45, 7) is 0. The molecule has 6 aromatic carbocycles. The van der Waals surface area contributed by atoms with E-state index in [1.54, 1.807) is 72.8 Å². The Morgan fingerprint density at radius 3 is 0.490 bits per heavy atom. The van der Waals surface area contributed by atoms with Crippen LogP contribution >= 0.6 is 24.8 Å². The third-order valence-electron chi connectivity index (χ3n) is 5.67. The van der Waals surface area contributed by atoms with Gasteiger partial charge in [0.15, 0.2) is 0 Å². The summed E-state index contributed by atoms with van der Waals surface area (Å²) < 4.78 is 65.4. The van der Waals surface area contributed by atoms with Crippen molar-refractivity contribution >= 4 is 42.1 Å². The molecule has 0 saturated heterocycles. The Bertz CT molecular complexity index is 1460. The van der Waals surface area contributed by atoms with Crippen LogP contribution < -0.4 is 27.1 Å². The lowest BCUT2D eigenvalue weighted by molar-refractivity contribution is 0.414. The first kappa shape index (κ1) is 38.8. The Labute approximate surface area is 298 Å². The predicted octanol–water partition coefficient (Wildman–Crippen LogP) is 10.2. The molecule has 3 radical (unpaired) electrons. The first-order valence-corrected chi connectivity index (χ1v) is 18.2. The van der Waals surface area contributed by atoms with Crippen LogP contribution in [-0.2, 0) is 13.7 Å². The summed E-state index contributed by atoms with van der Waals surface area (Å²) in [4.78, 5) is 0. The molecule has 0 aliphatic rings. The fourth-order valence-corrected chi connectivity index (χ4v) is 5.67. The zero-order valence-electron chi connectivity index (χ0n) is 26.1. The van der Waals surface area contributed by atoms with Gasteiger partial charge in [0.05, 0.1) is 0 Å². The van der Waals surface area contributed by atoms with E-state index in [2.05, 4.69) is 0 Å². The Hall–Kier alpha value is -4.66. The Balaban J connectivity index is 0.000000197. The van der Waals surface area contributed by atoms with Crippen LogP contribution in [0.25, 0.3) is 0 Å². The Kier molecular flexibility index (Phi) is 18.1. The molecule has 0 fully saturated rings. The van der Waals surface area contributed by atoms with Gasteiger partial charge in [-0.05, 0) is 72.8 Å². The maximum atomic E-state index is 11.5. The summed E-state index contributed by atoms with van der Waals surface area (Å²) in [6.07, 6.45) is 0. The van der Waals surface area contributed by atoms with E-state index in [0.29, 0.717) is 34.5 Å². The van der Waals surface area contributed by atoms with Gasteiger partial charge in [-0.2, -0.15) is 0 Å². The van der Waals surface area contributed by atoms with Crippen molar-refractivity contribution in [2.45, 2.75) is 0 Å². The monoisotopic (exact) mass is 729 g/mol. The van der Waals surface area contributed by atoms with Crippen molar-refractivity contribution in [2.75, 3.05) is 0 Å². The third-order valence-corrected chi connectivity index (χ3v) is 8.08. The first-order chi connectivity index (χ1) is 23.5. The lowest BCUT2D eigenvalue weighted by Gasteiger charge is -2.07. The normalized spacial score (nSPS) is 9.86. The molecule has 0 aliphatic carbocycles. The number of para-hydroxylation sites is 6. The second-order valence-electron chi connectivity index (χ2n) is 9.24. The van der Waals surface area contributed by atoms with Crippen LogP contribution in [0.5, 0.6) is 34.5 Å². The van der Waals surface area contributed by atoms with E-state index in [-0.39, 0.29) is 17.4 Å². The number of hydrogen-bond donors (Lipinski definition) is 0. The van der Waals surface area contributed by atoms with Gasteiger partial charge in [-0.3, -0.25) is 0 Å². The van der Waals surface area contributed by atoms with E-state index < -0.39 is 24.8 Å². The minimum Gasteiger partial charge on any atom is -0.418 e. The maximum Gasteiger partial charge on any atom is 0.418 e. The average Bonchev–Trinajstić information content (AvgIpc) is 3.11. The highest BCUT2D eigenvalue weighted by molar-refractivity contribution is 7.34. The molecule has 9 nitrogen and oxygen atoms in total. The Morgan fingerprint density at radius 2 is 0.367 bits per heavy atom. The molecule has 0 heterocycles.